The fourth-order valence-electron chi connectivity index (χ4n) is 2.83. The highest BCUT2D eigenvalue weighted by molar-refractivity contribution is 5.79. The minimum atomic E-state index is -0.155. The molecule has 6 nitrogen and oxygen atoms in total. The molecule has 2 rings (SSSR count). The van der Waals surface area contributed by atoms with Gasteiger partial charge in [-0.1, -0.05) is 0 Å². The van der Waals surface area contributed by atoms with E-state index in [9.17, 15) is 9.59 Å². The molecule has 2 heterocycles. The standard InChI is InChI=1S/C13H23N3O3/c1-19-13(18)10-2-6-16(7-3-10)12(17)9-15-5-4-11(14)8-15/h10-11H,2-9,14H2,1H3/t11-/m1/s1. The second-order valence-electron chi connectivity index (χ2n) is 5.46. The van der Waals surface area contributed by atoms with Crippen molar-refractivity contribution in [3.05, 3.63) is 0 Å². The second-order valence-corrected chi connectivity index (χ2v) is 5.46. The molecule has 2 saturated heterocycles. The van der Waals surface area contributed by atoms with Crippen LogP contribution in [0.3, 0.4) is 0 Å². The van der Waals surface area contributed by atoms with Gasteiger partial charge >= 0.3 is 5.97 Å². The summed E-state index contributed by atoms with van der Waals surface area (Å²) in [5.41, 5.74) is 5.83. The predicted molar refractivity (Wildman–Crippen MR) is 70.4 cm³/mol. The lowest BCUT2D eigenvalue weighted by molar-refractivity contribution is -0.149. The molecule has 1 amide bonds. The van der Waals surface area contributed by atoms with E-state index in [1.54, 1.807) is 0 Å². The summed E-state index contributed by atoms with van der Waals surface area (Å²) >= 11 is 0. The van der Waals surface area contributed by atoms with Crippen molar-refractivity contribution >= 4 is 11.9 Å². The zero-order valence-corrected chi connectivity index (χ0v) is 11.5. The lowest BCUT2D eigenvalue weighted by Gasteiger charge is -2.31. The van der Waals surface area contributed by atoms with Crippen molar-refractivity contribution in [3.8, 4) is 0 Å². The van der Waals surface area contributed by atoms with Crippen molar-refractivity contribution in [2.24, 2.45) is 11.7 Å². The third-order valence-corrected chi connectivity index (χ3v) is 4.05. The van der Waals surface area contributed by atoms with Crippen LogP contribution in [-0.2, 0) is 14.3 Å². The lowest BCUT2D eigenvalue weighted by Crippen LogP contribution is -2.45. The van der Waals surface area contributed by atoms with E-state index in [4.69, 9.17) is 10.5 Å². The summed E-state index contributed by atoms with van der Waals surface area (Å²) in [5.74, 6) is -0.0516. The summed E-state index contributed by atoms with van der Waals surface area (Å²) < 4.78 is 4.74. The molecule has 108 valence electrons. The molecule has 1 atom stereocenters. The maximum absolute atomic E-state index is 12.1. The van der Waals surface area contributed by atoms with Gasteiger partial charge in [-0.3, -0.25) is 14.5 Å². The number of likely N-dealkylation sites (tertiary alicyclic amines) is 2. The molecule has 0 radical (unpaired) electrons. The van der Waals surface area contributed by atoms with Crippen LogP contribution in [0.5, 0.6) is 0 Å². The van der Waals surface area contributed by atoms with E-state index in [2.05, 4.69) is 4.90 Å². The van der Waals surface area contributed by atoms with E-state index in [1.807, 2.05) is 4.90 Å². The SMILES string of the molecule is COC(=O)C1CCN(C(=O)CN2CC[C@@H](N)C2)CC1. The first-order valence-corrected chi connectivity index (χ1v) is 6.93. The first-order valence-electron chi connectivity index (χ1n) is 6.93. The molecule has 0 aromatic carbocycles. The van der Waals surface area contributed by atoms with Gasteiger partial charge in [0.1, 0.15) is 0 Å². The number of hydrogen-bond acceptors (Lipinski definition) is 5. The van der Waals surface area contributed by atoms with E-state index in [1.165, 1.54) is 7.11 Å². The zero-order valence-electron chi connectivity index (χ0n) is 11.5. The predicted octanol–water partition coefficient (Wildman–Crippen LogP) is -0.569. The maximum Gasteiger partial charge on any atom is 0.308 e. The normalized spacial score (nSPS) is 25.6. The number of nitrogens with zero attached hydrogens (tertiary/aromatic N) is 2. The molecule has 6 heteroatoms. The fourth-order valence-corrected chi connectivity index (χ4v) is 2.83. The molecular weight excluding hydrogens is 246 g/mol. The Hall–Kier alpha value is -1.14. The van der Waals surface area contributed by atoms with Crippen LogP contribution < -0.4 is 5.73 Å². The first kappa shape index (κ1) is 14.3. The summed E-state index contributed by atoms with van der Waals surface area (Å²) in [7, 11) is 1.41. The molecule has 0 aliphatic carbocycles. The molecule has 0 saturated carbocycles. The van der Waals surface area contributed by atoms with Gasteiger partial charge in [0.25, 0.3) is 0 Å². The van der Waals surface area contributed by atoms with Crippen LogP contribution in [0.15, 0.2) is 0 Å². The van der Waals surface area contributed by atoms with Crippen molar-refractivity contribution in [2.75, 3.05) is 39.8 Å². The van der Waals surface area contributed by atoms with Crippen molar-refractivity contribution in [1.82, 2.24) is 9.80 Å². The molecule has 19 heavy (non-hydrogen) atoms. The van der Waals surface area contributed by atoms with Crippen molar-refractivity contribution in [2.45, 2.75) is 25.3 Å². The van der Waals surface area contributed by atoms with Crippen molar-refractivity contribution in [3.63, 3.8) is 0 Å². The number of hydrogen-bond donors (Lipinski definition) is 1. The van der Waals surface area contributed by atoms with Gasteiger partial charge in [0.05, 0.1) is 19.6 Å². The molecule has 2 N–H and O–H groups in total. The Morgan fingerprint density at radius 3 is 2.42 bits per heavy atom. The summed E-state index contributed by atoms with van der Waals surface area (Å²) in [5, 5.41) is 0. The number of methoxy groups -OCH3 is 1. The van der Waals surface area contributed by atoms with Crippen LogP contribution in [0.1, 0.15) is 19.3 Å². The van der Waals surface area contributed by atoms with Gasteiger partial charge < -0.3 is 15.4 Å². The number of nitrogens with two attached hydrogens (primary N) is 1. The van der Waals surface area contributed by atoms with Gasteiger partial charge in [-0.05, 0) is 19.3 Å². The molecule has 0 aromatic rings. The van der Waals surface area contributed by atoms with Crippen molar-refractivity contribution in [1.29, 1.82) is 0 Å². The molecule has 2 aliphatic rings. The van der Waals surface area contributed by atoms with E-state index in [0.717, 1.165) is 19.5 Å². The minimum absolute atomic E-state index is 0.0470. The van der Waals surface area contributed by atoms with E-state index >= 15 is 0 Å². The van der Waals surface area contributed by atoms with Gasteiger partial charge in [0, 0.05) is 32.2 Å². The summed E-state index contributed by atoms with van der Waals surface area (Å²) in [6, 6.07) is 0.206. The Morgan fingerprint density at radius 1 is 1.21 bits per heavy atom. The highest BCUT2D eigenvalue weighted by Gasteiger charge is 2.29. The quantitative estimate of drug-likeness (QED) is 0.695. The highest BCUT2D eigenvalue weighted by Crippen LogP contribution is 2.19. The van der Waals surface area contributed by atoms with Crippen LogP contribution in [-0.4, -0.2) is 67.6 Å². The largest absolute Gasteiger partial charge is 0.469 e. The molecule has 2 fully saturated rings. The lowest BCUT2D eigenvalue weighted by atomic mass is 9.97. The molecule has 0 bridgehead atoms. The molecule has 0 aromatic heterocycles. The number of rotatable bonds is 3. The van der Waals surface area contributed by atoms with Crippen LogP contribution in [0.4, 0.5) is 0 Å². The van der Waals surface area contributed by atoms with Gasteiger partial charge in [-0.15, -0.1) is 0 Å². The van der Waals surface area contributed by atoms with E-state index in [0.29, 0.717) is 32.5 Å². The van der Waals surface area contributed by atoms with E-state index < -0.39 is 0 Å². The smallest absolute Gasteiger partial charge is 0.308 e. The zero-order chi connectivity index (χ0) is 13.8. The van der Waals surface area contributed by atoms with Gasteiger partial charge in [-0.2, -0.15) is 0 Å². The third-order valence-electron chi connectivity index (χ3n) is 4.05. The van der Waals surface area contributed by atoms with E-state index in [-0.39, 0.29) is 23.8 Å². The summed E-state index contributed by atoms with van der Waals surface area (Å²) in [6.45, 7) is 3.48. The number of esters is 1. The third kappa shape index (κ3) is 3.67. The Bertz CT molecular complexity index is 340. The average Bonchev–Trinajstić information content (AvgIpc) is 2.83. The number of carbonyl (C=O) groups excluding carboxylic acids is 2. The molecule has 2 aliphatic heterocycles. The average molecular weight is 269 g/mol. The number of piperidine rings is 1. The van der Waals surface area contributed by atoms with Gasteiger partial charge in [0.15, 0.2) is 0 Å². The van der Waals surface area contributed by atoms with Gasteiger partial charge in [0.2, 0.25) is 5.91 Å². The van der Waals surface area contributed by atoms with Gasteiger partial charge in [-0.25, -0.2) is 0 Å². The Labute approximate surface area is 113 Å². The number of ether oxygens (including phenoxy) is 1. The highest BCUT2D eigenvalue weighted by atomic mass is 16.5. The molecule has 0 spiro atoms. The maximum atomic E-state index is 12.1. The minimum Gasteiger partial charge on any atom is -0.469 e. The van der Waals surface area contributed by atoms with Crippen molar-refractivity contribution < 1.29 is 14.3 Å². The fraction of sp³-hybridized carbons (Fsp3) is 0.846. The number of amides is 1. The summed E-state index contributed by atoms with van der Waals surface area (Å²) in [4.78, 5) is 27.5. The first-order chi connectivity index (χ1) is 9.10. The Morgan fingerprint density at radius 2 is 1.89 bits per heavy atom. The topological polar surface area (TPSA) is 75.9 Å². The van der Waals surface area contributed by atoms with Crippen LogP contribution in [0.25, 0.3) is 0 Å². The number of carbonyl (C=O) groups is 2. The molecule has 0 unspecified atom stereocenters. The van der Waals surface area contributed by atoms with Crippen LogP contribution in [0, 0.1) is 5.92 Å². The second kappa shape index (κ2) is 6.34. The Kier molecular flexibility index (Phi) is 4.76. The van der Waals surface area contributed by atoms with Crippen LogP contribution >= 0.6 is 0 Å². The summed E-state index contributed by atoms with van der Waals surface area (Å²) in [6.07, 6.45) is 2.38. The van der Waals surface area contributed by atoms with Crippen LogP contribution in [0.2, 0.25) is 0 Å². The monoisotopic (exact) mass is 269 g/mol. The molecular formula is C13H23N3O3. The Balaban J connectivity index is 1.75.